The van der Waals surface area contributed by atoms with Crippen molar-refractivity contribution in [2.45, 2.75) is 70.6 Å². The Morgan fingerprint density at radius 3 is 1.97 bits per heavy atom. The predicted molar refractivity (Wildman–Crippen MR) is 120 cm³/mol. The molecule has 0 saturated carbocycles. The van der Waals surface area contributed by atoms with Crippen LogP contribution in [0.4, 0.5) is 0 Å². The molecule has 3 unspecified atom stereocenters. The van der Waals surface area contributed by atoms with E-state index in [2.05, 4.69) is 10.6 Å². The summed E-state index contributed by atoms with van der Waals surface area (Å²) in [5, 5.41) is 49.3. The molecular formula is C21H42N2O10. The first-order valence-corrected chi connectivity index (χ1v) is 11.2. The number of carboxylic acid groups (broad SMARTS) is 2. The number of ether oxygens (including phenoxy) is 2. The number of hydrogen-bond acceptors (Lipinski definition) is 9. The van der Waals surface area contributed by atoms with E-state index in [0.717, 1.165) is 12.8 Å². The van der Waals surface area contributed by atoms with Gasteiger partial charge in [-0.05, 0) is 39.0 Å². The summed E-state index contributed by atoms with van der Waals surface area (Å²) in [6, 6.07) is -0.951. The maximum Gasteiger partial charge on any atom is 0.317 e. The first-order valence-electron chi connectivity index (χ1n) is 11.2. The van der Waals surface area contributed by atoms with Crippen molar-refractivity contribution in [3.05, 3.63) is 0 Å². The van der Waals surface area contributed by atoms with Crippen molar-refractivity contribution in [1.82, 2.24) is 10.6 Å². The Kier molecular flexibility index (Phi) is 23.6. The van der Waals surface area contributed by atoms with Crippen LogP contribution in [0, 0.1) is 0 Å². The molecule has 196 valence electrons. The first kappa shape index (κ1) is 33.3. The monoisotopic (exact) mass is 482 g/mol. The lowest BCUT2D eigenvalue weighted by atomic mass is 10.1. The summed E-state index contributed by atoms with van der Waals surface area (Å²) in [7, 11) is 0. The van der Waals surface area contributed by atoms with Gasteiger partial charge in [-0.3, -0.25) is 19.7 Å². The van der Waals surface area contributed by atoms with Crippen LogP contribution in [0.1, 0.15) is 52.4 Å². The van der Waals surface area contributed by atoms with E-state index in [9.17, 15) is 19.5 Å². The maximum atomic E-state index is 11.8. The molecule has 33 heavy (non-hydrogen) atoms. The number of carbonyl (C=O) groups is 3. The molecule has 7 N–H and O–H groups in total. The van der Waals surface area contributed by atoms with E-state index in [1.807, 2.05) is 0 Å². The summed E-state index contributed by atoms with van der Waals surface area (Å²) in [6.07, 6.45) is 2.76. The van der Waals surface area contributed by atoms with Crippen LogP contribution in [0.15, 0.2) is 0 Å². The topological polar surface area (TPSA) is 195 Å². The fourth-order valence-electron chi connectivity index (χ4n) is 2.26. The Hall–Kier alpha value is -1.83. The number of aliphatic hydroxyl groups is 3. The molecule has 12 heteroatoms. The molecule has 0 heterocycles. The van der Waals surface area contributed by atoms with Gasteiger partial charge in [-0.15, -0.1) is 0 Å². The number of unbranched alkanes of at least 4 members (excludes halogenated alkanes) is 2. The lowest BCUT2D eigenvalue weighted by Gasteiger charge is -2.15. The van der Waals surface area contributed by atoms with Gasteiger partial charge in [0, 0.05) is 26.2 Å². The molecule has 0 aliphatic heterocycles. The van der Waals surface area contributed by atoms with Crippen LogP contribution in [0.2, 0.25) is 0 Å². The van der Waals surface area contributed by atoms with Crippen LogP contribution in [-0.4, -0.2) is 108 Å². The molecule has 0 bridgehead atoms. The largest absolute Gasteiger partial charge is 0.481 e. The van der Waals surface area contributed by atoms with E-state index >= 15 is 0 Å². The van der Waals surface area contributed by atoms with Gasteiger partial charge in [-0.2, -0.15) is 0 Å². The molecule has 0 aliphatic carbocycles. The van der Waals surface area contributed by atoms with E-state index in [1.165, 1.54) is 0 Å². The summed E-state index contributed by atoms with van der Waals surface area (Å²) in [6.45, 7) is 4.46. The van der Waals surface area contributed by atoms with Gasteiger partial charge in [0.1, 0.15) is 6.04 Å². The third kappa shape index (κ3) is 26.3. The van der Waals surface area contributed by atoms with Gasteiger partial charge in [0.05, 0.1) is 38.6 Å². The van der Waals surface area contributed by atoms with E-state index < -0.39 is 49.2 Å². The third-order valence-electron chi connectivity index (χ3n) is 4.06. The van der Waals surface area contributed by atoms with Crippen molar-refractivity contribution in [2.24, 2.45) is 0 Å². The summed E-state index contributed by atoms with van der Waals surface area (Å²) < 4.78 is 10.6. The van der Waals surface area contributed by atoms with E-state index in [-0.39, 0.29) is 13.0 Å². The molecular weight excluding hydrogens is 440 g/mol. The molecule has 0 saturated heterocycles. The van der Waals surface area contributed by atoms with Gasteiger partial charge in [0.25, 0.3) is 0 Å². The minimum atomic E-state index is -1.10. The summed E-state index contributed by atoms with van der Waals surface area (Å²) in [5.74, 6) is -2.30. The number of hydrogen-bond donors (Lipinski definition) is 7. The number of rotatable bonds is 20. The van der Waals surface area contributed by atoms with Crippen LogP contribution >= 0.6 is 0 Å². The molecule has 0 spiro atoms. The van der Waals surface area contributed by atoms with Gasteiger partial charge in [-0.25, -0.2) is 0 Å². The van der Waals surface area contributed by atoms with Crippen molar-refractivity contribution >= 4 is 17.8 Å². The predicted octanol–water partition coefficient (Wildman–Crippen LogP) is -0.656. The molecule has 0 fully saturated rings. The number of amides is 1. The van der Waals surface area contributed by atoms with Crippen molar-refractivity contribution in [3.8, 4) is 0 Å². The average Bonchev–Trinajstić information content (AvgIpc) is 2.75. The fourth-order valence-corrected chi connectivity index (χ4v) is 2.26. The molecule has 0 aromatic rings. The standard InChI is InChI=1S/C18H36N2O8.C3H6O2/c1-14(22)12-27-8-4-5-9-28-13-15(23)6-2-3-7-19-18(26)16(11-21)20-10-17(24)25;1-2-3(4)5/h14-16,20-23H,2-13H2,1H3,(H,19,26)(H,24,25);2H2,1H3,(H,4,5). The molecule has 0 rings (SSSR count). The number of carboxylic acids is 2. The second-order valence-corrected chi connectivity index (χ2v) is 7.40. The van der Waals surface area contributed by atoms with E-state index in [0.29, 0.717) is 45.6 Å². The summed E-state index contributed by atoms with van der Waals surface area (Å²) in [4.78, 5) is 31.6. The molecule has 12 nitrogen and oxygen atoms in total. The van der Waals surface area contributed by atoms with Crippen LogP contribution in [-0.2, 0) is 23.9 Å². The van der Waals surface area contributed by atoms with Crippen LogP contribution < -0.4 is 10.6 Å². The highest BCUT2D eigenvalue weighted by Gasteiger charge is 2.17. The summed E-state index contributed by atoms with van der Waals surface area (Å²) >= 11 is 0. The Labute approximate surface area is 195 Å². The van der Waals surface area contributed by atoms with E-state index in [4.69, 9.17) is 29.9 Å². The van der Waals surface area contributed by atoms with Crippen molar-refractivity contribution in [2.75, 3.05) is 46.1 Å². The first-order chi connectivity index (χ1) is 15.6. The summed E-state index contributed by atoms with van der Waals surface area (Å²) in [5.41, 5.74) is 0. The Bertz CT molecular complexity index is 505. The quantitative estimate of drug-likeness (QED) is 0.109. The Balaban J connectivity index is 0. The van der Waals surface area contributed by atoms with Gasteiger partial charge < -0.3 is 40.3 Å². The Morgan fingerprint density at radius 1 is 0.909 bits per heavy atom. The molecule has 0 radical (unpaired) electrons. The average molecular weight is 483 g/mol. The van der Waals surface area contributed by atoms with Gasteiger partial charge in [0.15, 0.2) is 0 Å². The highest BCUT2D eigenvalue weighted by Crippen LogP contribution is 2.02. The number of nitrogens with one attached hydrogen (secondary N) is 2. The second-order valence-electron chi connectivity index (χ2n) is 7.40. The van der Waals surface area contributed by atoms with Crippen molar-refractivity contribution in [3.63, 3.8) is 0 Å². The molecule has 0 aliphatic rings. The van der Waals surface area contributed by atoms with Gasteiger partial charge >= 0.3 is 11.9 Å². The lowest BCUT2D eigenvalue weighted by Crippen LogP contribution is -2.48. The van der Waals surface area contributed by atoms with Gasteiger partial charge in [-0.1, -0.05) is 6.92 Å². The van der Waals surface area contributed by atoms with Crippen molar-refractivity contribution in [1.29, 1.82) is 0 Å². The lowest BCUT2D eigenvalue weighted by molar-refractivity contribution is -0.137. The van der Waals surface area contributed by atoms with Gasteiger partial charge in [0.2, 0.25) is 5.91 Å². The smallest absolute Gasteiger partial charge is 0.317 e. The van der Waals surface area contributed by atoms with E-state index in [1.54, 1.807) is 13.8 Å². The zero-order valence-electron chi connectivity index (χ0n) is 19.7. The minimum absolute atomic E-state index is 0.222. The molecule has 3 atom stereocenters. The zero-order valence-corrected chi connectivity index (χ0v) is 19.7. The SMILES string of the molecule is CC(O)COCCCCOCC(O)CCCCNC(=O)C(CO)NCC(=O)O.CCC(=O)O. The minimum Gasteiger partial charge on any atom is -0.481 e. The highest BCUT2D eigenvalue weighted by molar-refractivity contribution is 5.82. The van der Waals surface area contributed by atoms with Crippen LogP contribution in [0.5, 0.6) is 0 Å². The van der Waals surface area contributed by atoms with Crippen LogP contribution in [0.3, 0.4) is 0 Å². The third-order valence-corrected chi connectivity index (χ3v) is 4.06. The number of carbonyl (C=O) groups excluding carboxylic acids is 1. The highest BCUT2D eigenvalue weighted by atomic mass is 16.5. The second kappa shape index (κ2) is 23.3. The maximum absolute atomic E-state index is 11.8. The normalized spacial score (nSPS) is 13.4. The molecule has 0 aromatic heterocycles. The van der Waals surface area contributed by atoms with Crippen LogP contribution in [0.25, 0.3) is 0 Å². The molecule has 0 aromatic carbocycles. The van der Waals surface area contributed by atoms with Crippen molar-refractivity contribution < 1.29 is 49.4 Å². The number of aliphatic carboxylic acids is 2. The number of aliphatic hydroxyl groups excluding tert-OH is 3. The molecule has 1 amide bonds. The fraction of sp³-hybridized carbons (Fsp3) is 0.857. The zero-order chi connectivity index (χ0) is 25.5. The Morgan fingerprint density at radius 2 is 1.48 bits per heavy atom.